The van der Waals surface area contributed by atoms with Crippen LogP contribution in [0.25, 0.3) is 0 Å². The molecule has 1 aromatic rings. The first-order valence-electron chi connectivity index (χ1n) is 4.46. The minimum atomic E-state index is -4.40. The quantitative estimate of drug-likeness (QED) is 0.735. The maximum Gasteiger partial charge on any atom is 0.405 e. The van der Waals surface area contributed by atoms with Gasteiger partial charge in [0.25, 0.3) is 0 Å². The van der Waals surface area contributed by atoms with Crippen molar-refractivity contribution in [3.05, 3.63) is 17.5 Å². The van der Waals surface area contributed by atoms with E-state index in [2.05, 4.69) is 15.5 Å². The Labute approximate surface area is 89.4 Å². The highest BCUT2D eigenvalue weighted by Crippen LogP contribution is 2.11. The summed E-state index contributed by atoms with van der Waals surface area (Å²) in [6.07, 6.45) is -2.90. The summed E-state index contributed by atoms with van der Waals surface area (Å²) in [5, 5.41) is 10.3. The largest absolute Gasteiger partial charge is 0.405 e. The fourth-order valence-corrected chi connectivity index (χ4v) is 0.972. The van der Waals surface area contributed by atoms with E-state index >= 15 is 0 Å². The number of nitrogens with zero attached hydrogens (tertiary/aromatic N) is 1. The monoisotopic (exact) mass is 236 g/mol. The van der Waals surface area contributed by atoms with Gasteiger partial charge in [-0.15, -0.1) is 0 Å². The number of aromatic amines is 1. The van der Waals surface area contributed by atoms with Crippen LogP contribution in [-0.2, 0) is 6.54 Å². The fourth-order valence-electron chi connectivity index (χ4n) is 0.972. The van der Waals surface area contributed by atoms with Gasteiger partial charge in [-0.25, -0.2) is 4.79 Å². The molecule has 0 unspecified atom stereocenters. The predicted molar refractivity (Wildman–Crippen MR) is 49.6 cm³/mol. The van der Waals surface area contributed by atoms with Crippen molar-refractivity contribution in [3.63, 3.8) is 0 Å². The topological polar surface area (TPSA) is 69.8 Å². The molecule has 1 heterocycles. The number of aromatic nitrogens is 2. The van der Waals surface area contributed by atoms with Gasteiger partial charge in [-0.3, -0.25) is 5.10 Å². The molecule has 0 saturated carbocycles. The number of H-pyrrole nitrogens is 1. The van der Waals surface area contributed by atoms with Crippen molar-refractivity contribution in [1.29, 1.82) is 0 Å². The van der Waals surface area contributed by atoms with E-state index in [4.69, 9.17) is 0 Å². The van der Waals surface area contributed by atoms with E-state index in [0.29, 0.717) is 0 Å². The van der Waals surface area contributed by atoms with Crippen LogP contribution >= 0.6 is 0 Å². The van der Waals surface area contributed by atoms with E-state index < -0.39 is 18.8 Å². The number of aryl methyl sites for hydroxylation is 1. The first-order valence-corrected chi connectivity index (χ1v) is 4.46. The Kier molecular flexibility index (Phi) is 3.75. The second kappa shape index (κ2) is 4.86. The second-order valence-electron chi connectivity index (χ2n) is 3.17. The zero-order valence-corrected chi connectivity index (χ0v) is 8.48. The third kappa shape index (κ3) is 4.20. The van der Waals surface area contributed by atoms with E-state index in [1.54, 1.807) is 12.2 Å². The standard InChI is InChI=1S/C8H11F3N4O/c1-5-6(3-14-15-5)2-12-7(16)13-4-8(9,10)11/h3H,2,4H2,1H3,(H,14,15)(H2,12,13,16). The molecule has 2 amide bonds. The maximum atomic E-state index is 11.7. The lowest BCUT2D eigenvalue weighted by Gasteiger charge is -2.09. The van der Waals surface area contributed by atoms with Crippen LogP contribution in [0.2, 0.25) is 0 Å². The molecule has 0 fully saturated rings. The smallest absolute Gasteiger partial charge is 0.334 e. The molecule has 8 heteroatoms. The van der Waals surface area contributed by atoms with Crippen molar-refractivity contribution in [2.45, 2.75) is 19.6 Å². The molecule has 5 nitrogen and oxygen atoms in total. The first-order chi connectivity index (χ1) is 7.38. The molecule has 0 aliphatic carbocycles. The van der Waals surface area contributed by atoms with Crippen molar-refractivity contribution in [2.24, 2.45) is 0 Å². The highest BCUT2D eigenvalue weighted by molar-refractivity contribution is 5.73. The Bertz CT molecular complexity index is 360. The summed E-state index contributed by atoms with van der Waals surface area (Å²) >= 11 is 0. The normalized spacial score (nSPS) is 11.2. The molecule has 0 aromatic carbocycles. The van der Waals surface area contributed by atoms with Gasteiger partial charge in [0.2, 0.25) is 0 Å². The number of carbonyl (C=O) groups excluding carboxylic acids is 1. The maximum absolute atomic E-state index is 11.7. The summed E-state index contributed by atoms with van der Waals surface area (Å²) in [4.78, 5) is 10.9. The number of nitrogens with one attached hydrogen (secondary N) is 3. The number of carbonyl (C=O) groups is 1. The Hall–Kier alpha value is -1.73. The summed E-state index contributed by atoms with van der Waals surface area (Å²) in [6, 6.07) is -0.863. The van der Waals surface area contributed by atoms with Gasteiger partial charge >= 0.3 is 12.2 Å². The van der Waals surface area contributed by atoms with Crippen molar-refractivity contribution in [1.82, 2.24) is 20.8 Å². The van der Waals surface area contributed by atoms with E-state index in [0.717, 1.165) is 11.3 Å². The summed E-state index contributed by atoms with van der Waals surface area (Å²) in [6.45, 7) is 0.535. The molecule has 0 radical (unpaired) electrons. The van der Waals surface area contributed by atoms with Crippen LogP contribution < -0.4 is 10.6 Å². The summed E-state index contributed by atoms with van der Waals surface area (Å²) in [5.41, 5.74) is 1.48. The Morgan fingerprint density at radius 2 is 2.19 bits per heavy atom. The average Bonchev–Trinajstić information content (AvgIpc) is 2.57. The Balaban J connectivity index is 2.29. The van der Waals surface area contributed by atoms with Crippen molar-refractivity contribution < 1.29 is 18.0 Å². The van der Waals surface area contributed by atoms with E-state index in [-0.39, 0.29) is 6.54 Å². The van der Waals surface area contributed by atoms with Crippen LogP contribution in [0.3, 0.4) is 0 Å². The lowest BCUT2D eigenvalue weighted by Crippen LogP contribution is -2.40. The van der Waals surface area contributed by atoms with Crippen molar-refractivity contribution >= 4 is 6.03 Å². The predicted octanol–water partition coefficient (Wildman–Crippen LogP) is 1.08. The van der Waals surface area contributed by atoms with Gasteiger partial charge in [-0.1, -0.05) is 0 Å². The van der Waals surface area contributed by atoms with Crippen LogP contribution in [0, 0.1) is 6.92 Å². The highest BCUT2D eigenvalue weighted by Gasteiger charge is 2.27. The number of hydrogen-bond donors (Lipinski definition) is 3. The van der Waals surface area contributed by atoms with E-state index in [9.17, 15) is 18.0 Å². The van der Waals surface area contributed by atoms with Gasteiger partial charge in [-0.2, -0.15) is 18.3 Å². The van der Waals surface area contributed by atoms with Gasteiger partial charge in [0.05, 0.1) is 6.20 Å². The second-order valence-corrected chi connectivity index (χ2v) is 3.17. The number of hydrogen-bond acceptors (Lipinski definition) is 2. The molecule has 1 rings (SSSR count). The molecule has 0 aliphatic rings. The lowest BCUT2D eigenvalue weighted by molar-refractivity contribution is -0.122. The molecule has 16 heavy (non-hydrogen) atoms. The van der Waals surface area contributed by atoms with Gasteiger partial charge in [0.1, 0.15) is 6.54 Å². The third-order valence-corrected chi connectivity index (χ3v) is 1.82. The van der Waals surface area contributed by atoms with E-state index in [1.807, 2.05) is 0 Å². The molecule has 3 N–H and O–H groups in total. The molecule has 90 valence electrons. The molecule has 0 atom stereocenters. The van der Waals surface area contributed by atoms with Crippen molar-refractivity contribution in [2.75, 3.05) is 6.54 Å². The average molecular weight is 236 g/mol. The molecule has 0 saturated heterocycles. The fraction of sp³-hybridized carbons (Fsp3) is 0.500. The van der Waals surface area contributed by atoms with Gasteiger partial charge in [0.15, 0.2) is 0 Å². The number of halogens is 3. The van der Waals surface area contributed by atoms with Crippen LogP contribution in [-0.4, -0.2) is 28.9 Å². The molecule has 0 bridgehead atoms. The van der Waals surface area contributed by atoms with Crippen LogP contribution in [0.5, 0.6) is 0 Å². The molecule has 1 aromatic heterocycles. The zero-order chi connectivity index (χ0) is 12.2. The molecular weight excluding hydrogens is 225 g/mol. The van der Waals surface area contributed by atoms with Gasteiger partial charge < -0.3 is 10.6 Å². The zero-order valence-electron chi connectivity index (χ0n) is 8.48. The van der Waals surface area contributed by atoms with E-state index in [1.165, 1.54) is 6.20 Å². The minimum Gasteiger partial charge on any atom is -0.334 e. The first kappa shape index (κ1) is 12.3. The molecule has 0 spiro atoms. The third-order valence-electron chi connectivity index (χ3n) is 1.82. The number of rotatable bonds is 3. The summed E-state index contributed by atoms with van der Waals surface area (Å²) in [7, 11) is 0. The highest BCUT2D eigenvalue weighted by atomic mass is 19.4. The summed E-state index contributed by atoms with van der Waals surface area (Å²) < 4.78 is 35.2. The van der Waals surface area contributed by atoms with Crippen molar-refractivity contribution in [3.8, 4) is 0 Å². The minimum absolute atomic E-state index is 0.131. The van der Waals surface area contributed by atoms with Gasteiger partial charge in [0, 0.05) is 17.8 Å². The van der Waals surface area contributed by atoms with Crippen LogP contribution in [0.1, 0.15) is 11.3 Å². The molecule has 0 aliphatic heterocycles. The lowest BCUT2D eigenvalue weighted by atomic mass is 10.3. The number of amides is 2. The number of urea groups is 1. The van der Waals surface area contributed by atoms with Crippen LogP contribution in [0.4, 0.5) is 18.0 Å². The summed E-state index contributed by atoms with van der Waals surface area (Å²) in [5.74, 6) is 0. The SMILES string of the molecule is Cc1[nH]ncc1CNC(=O)NCC(F)(F)F. The Morgan fingerprint density at radius 3 is 2.69 bits per heavy atom. The molecular formula is C8H11F3N4O. The number of alkyl halides is 3. The van der Waals surface area contributed by atoms with Crippen LogP contribution in [0.15, 0.2) is 6.20 Å². The van der Waals surface area contributed by atoms with Gasteiger partial charge in [-0.05, 0) is 6.92 Å². The Morgan fingerprint density at radius 1 is 1.50 bits per heavy atom.